The van der Waals surface area contributed by atoms with Crippen LogP contribution in [0.4, 0.5) is 0 Å². The number of rotatable bonds is 4. The summed E-state index contributed by atoms with van der Waals surface area (Å²) in [6.45, 7) is 0. The standard InChI is InChI=1S/C43H32N2O/c44-27-28-16-25-42-39(26-28)38-13-7-12-35(43(38)46-42)31-19-17-29(18-20-31)33-8-1-2-9-34(33)30-21-23-32(24-22-30)45-40-14-5-3-10-36(40)37-11-4-6-15-41(37)45/h3-7,10-26,33-34H,1-2,8-9H2/t33?,34-/m1/s1. The lowest BCUT2D eigenvalue weighted by atomic mass is 9.72. The van der Waals surface area contributed by atoms with Crippen molar-refractivity contribution in [2.75, 3.05) is 0 Å². The van der Waals surface area contributed by atoms with E-state index in [0.29, 0.717) is 17.4 Å². The van der Waals surface area contributed by atoms with Gasteiger partial charge in [-0.2, -0.15) is 5.26 Å². The van der Waals surface area contributed by atoms with E-state index in [-0.39, 0.29) is 0 Å². The number of fused-ring (bicyclic) bond motifs is 6. The van der Waals surface area contributed by atoms with Crippen molar-refractivity contribution < 1.29 is 4.42 Å². The molecule has 3 heteroatoms. The summed E-state index contributed by atoms with van der Waals surface area (Å²) < 4.78 is 8.73. The maximum Gasteiger partial charge on any atom is 0.143 e. The van der Waals surface area contributed by atoms with Crippen molar-refractivity contribution in [2.45, 2.75) is 37.5 Å². The fourth-order valence-electron chi connectivity index (χ4n) is 8.01. The molecule has 2 atom stereocenters. The normalized spacial score (nSPS) is 16.8. The Morgan fingerprint density at radius 2 is 1.20 bits per heavy atom. The van der Waals surface area contributed by atoms with Gasteiger partial charge in [0, 0.05) is 32.8 Å². The van der Waals surface area contributed by atoms with Crippen LogP contribution in [0.2, 0.25) is 0 Å². The molecule has 9 rings (SSSR count). The van der Waals surface area contributed by atoms with E-state index in [1.807, 2.05) is 18.2 Å². The number of furan rings is 1. The van der Waals surface area contributed by atoms with E-state index >= 15 is 0 Å². The molecule has 0 bridgehead atoms. The van der Waals surface area contributed by atoms with Crippen LogP contribution >= 0.6 is 0 Å². The number of nitriles is 1. The Bertz CT molecular complexity index is 2380. The molecule has 1 fully saturated rings. The van der Waals surface area contributed by atoms with Crippen LogP contribution in [0.25, 0.3) is 60.6 Å². The van der Waals surface area contributed by atoms with Gasteiger partial charge in [0.25, 0.3) is 0 Å². The van der Waals surface area contributed by atoms with Gasteiger partial charge in [0.05, 0.1) is 22.7 Å². The van der Waals surface area contributed by atoms with Crippen LogP contribution in [0, 0.1) is 11.3 Å². The van der Waals surface area contributed by atoms with Crippen molar-refractivity contribution in [3.8, 4) is 22.9 Å². The van der Waals surface area contributed by atoms with Crippen molar-refractivity contribution in [3.05, 3.63) is 150 Å². The fourth-order valence-corrected chi connectivity index (χ4v) is 8.01. The van der Waals surface area contributed by atoms with Gasteiger partial charge >= 0.3 is 0 Å². The average Bonchev–Trinajstić information content (AvgIpc) is 3.67. The van der Waals surface area contributed by atoms with Gasteiger partial charge in [-0.25, -0.2) is 0 Å². The quantitative estimate of drug-likeness (QED) is 0.204. The molecule has 2 heterocycles. The number of aromatic nitrogens is 1. The highest BCUT2D eigenvalue weighted by Crippen LogP contribution is 2.45. The molecule has 6 aromatic carbocycles. The molecule has 220 valence electrons. The monoisotopic (exact) mass is 592 g/mol. The molecule has 46 heavy (non-hydrogen) atoms. The number of benzene rings is 6. The number of hydrogen-bond acceptors (Lipinski definition) is 2. The Hall–Kier alpha value is -5.59. The molecule has 0 amide bonds. The molecule has 0 saturated heterocycles. The van der Waals surface area contributed by atoms with Gasteiger partial charge in [-0.05, 0) is 83.8 Å². The molecule has 0 aliphatic heterocycles. The minimum Gasteiger partial charge on any atom is -0.455 e. The number of nitrogens with zero attached hydrogens (tertiary/aromatic N) is 2. The van der Waals surface area contributed by atoms with Crippen molar-refractivity contribution in [2.24, 2.45) is 0 Å². The first kappa shape index (κ1) is 26.8. The van der Waals surface area contributed by atoms with E-state index in [4.69, 9.17) is 4.42 Å². The summed E-state index contributed by atoms with van der Waals surface area (Å²) in [6, 6.07) is 50.2. The molecular formula is C43H32N2O. The minimum atomic E-state index is 0.494. The predicted octanol–water partition coefficient (Wildman–Crippen LogP) is 11.7. The van der Waals surface area contributed by atoms with Crippen molar-refractivity contribution in [1.82, 2.24) is 4.57 Å². The summed E-state index contributed by atoms with van der Waals surface area (Å²) in [5, 5.41) is 14.0. The third kappa shape index (κ3) is 4.25. The van der Waals surface area contributed by atoms with E-state index < -0.39 is 0 Å². The van der Waals surface area contributed by atoms with Crippen molar-refractivity contribution in [3.63, 3.8) is 0 Å². The molecule has 1 saturated carbocycles. The lowest BCUT2D eigenvalue weighted by Crippen LogP contribution is -2.16. The molecule has 1 aliphatic rings. The van der Waals surface area contributed by atoms with E-state index in [1.165, 1.54) is 64.3 Å². The smallest absolute Gasteiger partial charge is 0.143 e. The summed E-state index contributed by atoms with van der Waals surface area (Å²) in [5.41, 5.74) is 11.1. The van der Waals surface area contributed by atoms with E-state index in [0.717, 1.165) is 33.1 Å². The largest absolute Gasteiger partial charge is 0.455 e. The Balaban J connectivity index is 1.04. The summed E-state index contributed by atoms with van der Waals surface area (Å²) in [5.74, 6) is 0.994. The average molecular weight is 593 g/mol. The van der Waals surface area contributed by atoms with Crippen LogP contribution in [0.5, 0.6) is 0 Å². The molecule has 1 unspecified atom stereocenters. The zero-order chi connectivity index (χ0) is 30.6. The van der Waals surface area contributed by atoms with Crippen LogP contribution in [-0.4, -0.2) is 4.57 Å². The van der Waals surface area contributed by atoms with Crippen LogP contribution in [0.1, 0.15) is 54.2 Å². The van der Waals surface area contributed by atoms with Crippen LogP contribution < -0.4 is 0 Å². The van der Waals surface area contributed by atoms with Gasteiger partial charge in [0.1, 0.15) is 11.2 Å². The summed E-state index contributed by atoms with van der Waals surface area (Å²) >= 11 is 0. The second-order valence-corrected chi connectivity index (χ2v) is 12.7. The number of para-hydroxylation sites is 3. The SMILES string of the molecule is N#Cc1ccc2oc3c(-c4ccc(C5CCCC[C@@H]5c5ccc(-n6c7ccccc7c7ccccc76)cc5)cc4)cccc3c2c1. The zero-order valence-corrected chi connectivity index (χ0v) is 25.5. The first-order chi connectivity index (χ1) is 22.8. The first-order valence-electron chi connectivity index (χ1n) is 16.3. The Labute approximate surface area is 267 Å². The fraction of sp³-hybridized carbons (Fsp3) is 0.140. The predicted molar refractivity (Wildman–Crippen MR) is 189 cm³/mol. The molecular weight excluding hydrogens is 560 g/mol. The Kier molecular flexibility index (Phi) is 6.28. The highest BCUT2D eigenvalue weighted by Gasteiger charge is 2.28. The third-order valence-electron chi connectivity index (χ3n) is 10.2. The lowest BCUT2D eigenvalue weighted by molar-refractivity contribution is 0.386. The molecule has 0 N–H and O–H groups in total. The van der Waals surface area contributed by atoms with Gasteiger partial charge in [0.2, 0.25) is 0 Å². The Morgan fingerprint density at radius 3 is 1.85 bits per heavy atom. The molecule has 0 spiro atoms. The number of hydrogen-bond donors (Lipinski definition) is 0. The second-order valence-electron chi connectivity index (χ2n) is 12.7. The molecule has 8 aromatic rings. The van der Waals surface area contributed by atoms with Gasteiger partial charge in [-0.15, -0.1) is 0 Å². The maximum absolute atomic E-state index is 9.40. The van der Waals surface area contributed by atoms with Crippen LogP contribution in [0.15, 0.2) is 138 Å². The molecule has 0 radical (unpaired) electrons. The molecule has 1 aliphatic carbocycles. The highest BCUT2D eigenvalue weighted by molar-refractivity contribution is 6.10. The van der Waals surface area contributed by atoms with Gasteiger partial charge in [0.15, 0.2) is 0 Å². The summed E-state index contributed by atoms with van der Waals surface area (Å²) in [7, 11) is 0. The van der Waals surface area contributed by atoms with E-state index in [2.05, 4.69) is 126 Å². The van der Waals surface area contributed by atoms with Gasteiger partial charge < -0.3 is 8.98 Å². The van der Waals surface area contributed by atoms with Crippen molar-refractivity contribution in [1.29, 1.82) is 5.26 Å². The highest BCUT2D eigenvalue weighted by atomic mass is 16.3. The van der Waals surface area contributed by atoms with Crippen LogP contribution in [-0.2, 0) is 0 Å². The third-order valence-corrected chi connectivity index (χ3v) is 10.2. The summed E-state index contributed by atoms with van der Waals surface area (Å²) in [4.78, 5) is 0. The van der Waals surface area contributed by atoms with E-state index in [1.54, 1.807) is 0 Å². The molecule has 2 aromatic heterocycles. The second kappa shape index (κ2) is 10.8. The summed E-state index contributed by atoms with van der Waals surface area (Å²) in [6.07, 6.45) is 4.96. The lowest BCUT2D eigenvalue weighted by Gasteiger charge is -2.32. The minimum absolute atomic E-state index is 0.494. The van der Waals surface area contributed by atoms with Gasteiger partial charge in [-0.3, -0.25) is 0 Å². The van der Waals surface area contributed by atoms with Crippen LogP contribution in [0.3, 0.4) is 0 Å². The Morgan fingerprint density at radius 1 is 0.587 bits per heavy atom. The topological polar surface area (TPSA) is 41.9 Å². The first-order valence-corrected chi connectivity index (χ1v) is 16.3. The zero-order valence-electron chi connectivity index (χ0n) is 25.5. The van der Waals surface area contributed by atoms with E-state index in [9.17, 15) is 5.26 Å². The van der Waals surface area contributed by atoms with Crippen molar-refractivity contribution >= 4 is 43.7 Å². The van der Waals surface area contributed by atoms with Gasteiger partial charge in [-0.1, -0.05) is 104 Å². The molecule has 3 nitrogen and oxygen atoms in total. The maximum atomic E-state index is 9.40.